The number of anilines is 1. The molecule has 25 heavy (non-hydrogen) atoms. The summed E-state index contributed by atoms with van der Waals surface area (Å²) >= 11 is 1.48. The zero-order chi connectivity index (χ0) is 17.8. The SMILES string of the molecule is Cc1ccc(C)c(-c2csc(NN=Cc3ccc([N+](=O)[O-])cc3)n2)c1. The molecule has 0 saturated heterocycles. The lowest BCUT2D eigenvalue weighted by molar-refractivity contribution is -0.384. The number of nitro groups is 1. The predicted octanol–water partition coefficient (Wildman–Crippen LogP) is 4.78. The topological polar surface area (TPSA) is 80.4 Å². The average molecular weight is 352 g/mol. The van der Waals surface area contributed by atoms with Crippen LogP contribution >= 0.6 is 11.3 Å². The number of nitro benzene ring substituents is 1. The van der Waals surface area contributed by atoms with Crippen LogP contribution in [0.2, 0.25) is 0 Å². The standard InChI is InChI=1S/C18H16N4O2S/c1-12-3-4-13(2)16(9-12)17-11-25-18(20-17)21-19-10-14-5-7-15(8-6-14)22(23)24/h3-11H,1-2H3,(H,20,21). The molecule has 126 valence electrons. The van der Waals surface area contributed by atoms with E-state index >= 15 is 0 Å². The van der Waals surface area contributed by atoms with Crippen molar-refractivity contribution in [2.24, 2.45) is 5.10 Å². The molecule has 1 heterocycles. The molecule has 0 unspecified atom stereocenters. The van der Waals surface area contributed by atoms with Crippen LogP contribution in [0.4, 0.5) is 10.8 Å². The maximum absolute atomic E-state index is 10.6. The van der Waals surface area contributed by atoms with Gasteiger partial charge in [-0.2, -0.15) is 5.10 Å². The first-order chi connectivity index (χ1) is 12.0. The number of nitrogens with zero attached hydrogens (tertiary/aromatic N) is 3. The highest BCUT2D eigenvalue weighted by atomic mass is 32.1. The molecule has 0 aliphatic carbocycles. The van der Waals surface area contributed by atoms with E-state index in [1.807, 2.05) is 5.38 Å². The van der Waals surface area contributed by atoms with E-state index in [2.05, 4.69) is 47.6 Å². The Morgan fingerprint density at radius 1 is 1.20 bits per heavy atom. The highest BCUT2D eigenvalue weighted by Gasteiger charge is 2.07. The molecular formula is C18H16N4O2S. The van der Waals surface area contributed by atoms with Gasteiger partial charge in [-0.05, 0) is 43.2 Å². The predicted molar refractivity (Wildman–Crippen MR) is 101 cm³/mol. The second-order valence-electron chi connectivity index (χ2n) is 5.57. The van der Waals surface area contributed by atoms with Gasteiger partial charge < -0.3 is 0 Å². The van der Waals surface area contributed by atoms with Gasteiger partial charge in [-0.25, -0.2) is 4.98 Å². The minimum atomic E-state index is -0.427. The molecule has 0 fully saturated rings. The first-order valence-electron chi connectivity index (χ1n) is 7.59. The van der Waals surface area contributed by atoms with Gasteiger partial charge in [0.05, 0.1) is 16.8 Å². The fraction of sp³-hybridized carbons (Fsp3) is 0.111. The molecule has 0 saturated carbocycles. The number of hydrogen-bond acceptors (Lipinski definition) is 6. The van der Waals surface area contributed by atoms with Crippen molar-refractivity contribution >= 4 is 28.4 Å². The van der Waals surface area contributed by atoms with Crippen molar-refractivity contribution in [2.75, 3.05) is 5.43 Å². The summed E-state index contributed by atoms with van der Waals surface area (Å²) < 4.78 is 0. The maximum atomic E-state index is 10.6. The van der Waals surface area contributed by atoms with Crippen LogP contribution in [0.1, 0.15) is 16.7 Å². The van der Waals surface area contributed by atoms with Crippen molar-refractivity contribution < 1.29 is 4.92 Å². The zero-order valence-corrected chi connectivity index (χ0v) is 14.6. The highest BCUT2D eigenvalue weighted by molar-refractivity contribution is 7.14. The Morgan fingerprint density at radius 2 is 1.96 bits per heavy atom. The van der Waals surface area contributed by atoms with Crippen molar-refractivity contribution in [3.63, 3.8) is 0 Å². The smallest absolute Gasteiger partial charge is 0.258 e. The number of benzene rings is 2. The Kier molecular flexibility index (Phi) is 4.85. The van der Waals surface area contributed by atoms with Gasteiger partial charge in [-0.3, -0.25) is 15.5 Å². The van der Waals surface area contributed by atoms with Gasteiger partial charge in [0.25, 0.3) is 5.69 Å². The Labute approximate surface area is 149 Å². The fourth-order valence-electron chi connectivity index (χ4n) is 2.30. The van der Waals surface area contributed by atoms with E-state index in [1.54, 1.807) is 18.3 Å². The van der Waals surface area contributed by atoms with Gasteiger partial charge >= 0.3 is 0 Å². The Bertz CT molecular complexity index is 933. The normalized spacial score (nSPS) is 11.0. The third-order valence-corrected chi connectivity index (χ3v) is 4.40. The summed E-state index contributed by atoms with van der Waals surface area (Å²) in [5.74, 6) is 0. The van der Waals surface area contributed by atoms with Gasteiger partial charge in [-0.15, -0.1) is 11.3 Å². The Hall–Kier alpha value is -3.06. The Balaban J connectivity index is 1.69. The number of hydrogen-bond donors (Lipinski definition) is 1. The molecule has 6 nitrogen and oxygen atoms in total. The van der Waals surface area contributed by atoms with Crippen LogP contribution in [0.3, 0.4) is 0 Å². The monoisotopic (exact) mass is 352 g/mol. The molecule has 3 aromatic rings. The molecule has 1 aromatic heterocycles. The van der Waals surface area contributed by atoms with Crippen LogP contribution in [0.15, 0.2) is 52.9 Å². The van der Waals surface area contributed by atoms with Crippen LogP contribution in [0.25, 0.3) is 11.3 Å². The van der Waals surface area contributed by atoms with E-state index in [0.29, 0.717) is 5.13 Å². The molecule has 0 amide bonds. The quantitative estimate of drug-likeness (QED) is 0.407. The summed E-state index contributed by atoms with van der Waals surface area (Å²) in [7, 11) is 0. The molecule has 0 atom stereocenters. The average Bonchev–Trinajstić information content (AvgIpc) is 3.06. The number of hydrazone groups is 1. The van der Waals surface area contributed by atoms with E-state index < -0.39 is 4.92 Å². The van der Waals surface area contributed by atoms with Crippen molar-refractivity contribution in [3.05, 3.63) is 74.6 Å². The minimum Gasteiger partial charge on any atom is -0.258 e. The van der Waals surface area contributed by atoms with Crippen molar-refractivity contribution in [2.45, 2.75) is 13.8 Å². The van der Waals surface area contributed by atoms with Gasteiger partial charge in [0.15, 0.2) is 0 Å². The minimum absolute atomic E-state index is 0.0585. The van der Waals surface area contributed by atoms with Crippen LogP contribution in [0.5, 0.6) is 0 Å². The molecule has 0 radical (unpaired) electrons. The fourth-order valence-corrected chi connectivity index (χ4v) is 2.96. The molecule has 0 aliphatic heterocycles. The molecule has 0 aliphatic rings. The number of nitrogens with one attached hydrogen (secondary N) is 1. The summed E-state index contributed by atoms with van der Waals surface area (Å²) in [6, 6.07) is 12.5. The molecule has 2 aromatic carbocycles. The third kappa shape index (κ3) is 4.07. The lowest BCUT2D eigenvalue weighted by Gasteiger charge is -2.03. The van der Waals surface area contributed by atoms with Gasteiger partial charge in [0, 0.05) is 23.1 Å². The van der Waals surface area contributed by atoms with E-state index in [-0.39, 0.29) is 5.69 Å². The van der Waals surface area contributed by atoms with E-state index in [0.717, 1.165) is 16.8 Å². The number of thiazole rings is 1. The molecule has 0 spiro atoms. The summed E-state index contributed by atoms with van der Waals surface area (Å²) in [6.45, 7) is 4.12. The third-order valence-electron chi connectivity index (χ3n) is 3.65. The van der Waals surface area contributed by atoms with Crippen LogP contribution < -0.4 is 5.43 Å². The lowest BCUT2D eigenvalue weighted by atomic mass is 10.0. The van der Waals surface area contributed by atoms with Gasteiger partial charge in [-0.1, -0.05) is 17.7 Å². The zero-order valence-electron chi connectivity index (χ0n) is 13.8. The summed E-state index contributed by atoms with van der Waals surface area (Å²) in [5.41, 5.74) is 8.13. The molecule has 3 rings (SSSR count). The van der Waals surface area contributed by atoms with Crippen LogP contribution in [0, 0.1) is 24.0 Å². The molecule has 0 bridgehead atoms. The van der Waals surface area contributed by atoms with E-state index in [1.165, 1.54) is 34.6 Å². The summed E-state index contributed by atoms with van der Waals surface area (Å²) in [6.07, 6.45) is 1.60. The number of aromatic nitrogens is 1. The van der Waals surface area contributed by atoms with Crippen LogP contribution in [-0.2, 0) is 0 Å². The van der Waals surface area contributed by atoms with Crippen LogP contribution in [-0.4, -0.2) is 16.1 Å². The lowest BCUT2D eigenvalue weighted by Crippen LogP contribution is -1.92. The van der Waals surface area contributed by atoms with E-state index in [4.69, 9.17) is 0 Å². The summed E-state index contributed by atoms with van der Waals surface area (Å²) in [5, 5.41) is 17.4. The first kappa shape index (κ1) is 16.8. The second-order valence-corrected chi connectivity index (χ2v) is 6.43. The highest BCUT2D eigenvalue weighted by Crippen LogP contribution is 2.28. The van der Waals surface area contributed by atoms with Crippen molar-refractivity contribution in [1.29, 1.82) is 0 Å². The molecular weight excluding hydrogens is 336 g/mol. The van der Waals surface area contributed by atoms with Gasteiger partial charge in [0.1, 0.15) is 0 Å². The number of non-ortho nitro benzene ring substituents is 1. The first-order valence-corrected chi connectivity index (χ1v) is 8.47. The van der Waals surface area contributed by atoms with Crippen molar-refractivity contribution in [3.8, 4) is 11.3 Å². The maximum Gasteiger partial charge on any atom is 0.269 e. The number of aryl methyl sites for hydroxylation is 2. The largest absolute Gasteiger partial charge is 0.269 e. The van der Waals surface area contributed by atoms with Gasteiger partial charge in [0.2, 0.25) is 5.13 Å². The number of rotatable bonds is 5. The van der Waals surface area contributed by atoms with Crippen molar-refractivity contribution in [1.82, 2.24) is 4.98 Å². The Morgan fingerprint density at radius 3 is 2.68 bits per heavy atom. The molecule has 7 heteroatoms. The second kappa shape index (κ2) is 7.23. The summed E-state index contributed by atoms with van der Waals surface area (Å²) in [4.78, 5) is 14.8. The molecule has 1 N–H and O–H groups in total. The van der Waals surface area contributed by atoms with E-state index in [9.17, 15) is 10.1 Å².